The van der Waals surface area contributed by atoms with E-state index in [2.05, 4.69) is 37.9 Å². The lowest BCUT2D eigenvalue weighted by molar-refractivity contribution is 0.0696. The third-order valence-electron chi connectivity index (χ3n) is 5.75. The van der Waals surface area contributed by atoms with E-state index >= 15 is 0 Å². The van der Waals surface area contributed by atoms with Crippen molar-refractivity contribution in [2.24, 2.45) is 13.0 Å². The number of hydrogen-bond acceptors (Lipinski definition) is 6. The highest BCUT2D eigenvalue weighted by molar-refractivity contribution is 9.10. The summed E-state index contributed by atoms with van der Waals surface area (Å²) in [4.78, 5) is 20.3. The fraction of sp³-hybridized carbons (Fsp3) is 0.333. The summed E-state index contributed by atoms with van der Waals surface area (Å²) in [6, 6.07) is 6.82. The zero-order valence-electron chi connectivity index (χ0n) is 19.6. The maximum absolute atomic E-state index is 11.4. The number of carboxylic acids is 1. The Morgan fingerprint density at radius 3 is 2.80 bits per heavy atom. The molecule has 3 aromatic heterocycles. The molecule has 4 aromatic rings. The van der Waals surface area contributed by atoms with Crippen LogP contribution in [0.5, 0.6) is 5.88 Å². The number of hydrogen-bond donors (Lipinski definition) is 2. The molecule has 0 saturated heterocycles. The van der Waals surface area contributed by atoms with Crippen molar-refractivity contribution >= 4 is 50.5 Å². The van der Waals surface area contributed by atoms with E-state index in [0.29, 0.717) is 46.3 Å². The summed E-state index contributed by atoms with van der Waals surface area (Å²) in [5.74, 6) is 0.344. The Kier molecular flexibility index (Phi) is 7.32. The van der Waals surface area contributed by atoms with Crippen LogP contribution in [0, 0.1) is 12.8 Å². The highest BCUT2D eigenvalue weighted by Gasteiger charge is 2.17. The van der Waals surface area contributed by atoms with Crippen molar-refractivity contribution in [3.8, 4) is 17.1 Å². The van der Waals surface area contributed by atoms with Gasteiger partial charge in [0.2, 0.25) is 11.8 Å². The highest BCUT2D eigenvalue weighted by atomic mass is 79.9. The maximum atomic E-state index is 11.4. The Bertz CT molecular complexity index is 1400. The van der Waals surface area contributed by atoms with Crippen molar-refractivity contribution in [2.75, 3.05) is 12.3 Å². The molecule has 0 radical (unpaired) electrons. The van der Waals surface area contributed by atoms with Crippen LogP contribution in [0.15, 0.2) is 34.9 Å². The molecule has 3 heterocycles. The van der Waals surface area contributed by atoms with E-state index in [1.54, 1.807) is 30.9 Å². The summed E-state index contributed by atoms with van der Waals surface area (Å²) in [7, 11) is 1.78. The third kappa shape index (κ3) is 5.43. The van der Waals surface area contributed by atoms with Gasteiger partial charge in [-0.3, -0.25) is 4.98 Å². The second-order valence-electron chi connectivity index (χ2n) is 8.61. The zero-order valence-corrected chi connectivity index (χ0v) is 22.0. The molecule has 0 aliphatic heterocycles. The minimum atomic E-state index is -1.00. The first-order chi connectivity index (χ1) is 16.6. The zero-order chi connectivity index (χ0) is 25.3. The van der Waals surface area contributed by atoms with E-state index in [9.17, 15) is 9.90 Å². The normalized spacial score (nSPS) is 12.3. The molecule has 1 atom stereocenters. The molecule has 9 nitrogen and oxygen atoms in total. The molecular formula is C24H26BrClN6O3. The predicted molar refractivity (Wildman–Crippen MR) is 139 cm³/mol. The summed E-state index contributed by atoms with van der Waals surface area (Å²) in [6.45, 7) is 5.13. The van der Waals surface area contributed by atoms with Gasteiger partial charge in [-0.1, -0.05) is 18.5 Å². The summed E-state index contributed by atoms with van der Waals surface area (Å²) >= 11 is 9.65. The molecule has 0 amide bonds. The van der Waals surface area contributed by atoms with Crippen molar-refractivity contribution < 1.29 is 14.6 Å². The molecule has 0 unspecified atom stereocenters. The Hall–Kier alpha value is -3.11. The van der Waals surface area contributed by atoms with Crippen molar-refractivity contribution in [1.29, 1.82) is 0 Å². The van der Waals surface area contributed by atoms with Gasteiger partial charge in [0.15, 0.2) is 0 Å². The number of rotatable bonds is 9. The fourth-order valence-corrected chi connectivity index (χ4v) is 4.53. The average Bonchev–Trinajstić information content (AvgIpc) is 3.30. The van der Waals surface area contributed by atoms with Crippen LogP contribution in [0.25, 0.3) is 22.3 Å². The fourth-order valence-electron chi connectivity index (χ4n) is 4.04. The Morgan fingerprint density at radius 1 is 1.29 bits per heavy atom. The molecular weight excluding hydrogens is 536 g/mol. The number of carboxylic acid groups (broad SMARTS) is 1. The molecule has 0 aliphatic carbocycles. The van der Waals surface area contributed by atoms with Gasteiger partial charge in [0.1, 0.15) is 0 Å². The minimum Gasteiger partial charge on any atom is -0.478 e. The third-order valence-corrected chi connectivity index (χ3v) is 6.95. The van der Waals surface area contributed by atoms with Crippen LogP contribution in [0.1, 0.15) is 35.8 Å². The molecule has 11 heteroatoms. The van der Waals surface area contributed by atoms with Crippen molar-refractivity contribution in [3.63, 3.8) is 0 Å². The van der Waals surface area contributed by atoms with Gasteiger partial charge in [-0.05, 0) is 65.9 Å². The van der Waals surface area contributed by atoms with Crippen LogP contribution in [0.4, 0.5) is 5.95 Å². The molecule has 0 bridgehead atoms. The Morgan fingerprint density at radius 2 is 2.06 bits per heavy atom. The van der Waals surface area contributed by atoms with Gasteiger partial charge >= 0.3 is 5.97 Å². The number of anilines is 1. The average molecular weight is 562 g/mol. The standard InChI is InChI=1S/C24H26BrClN6O3/c1-13(12-32-21-9-17(25)18(26)10-20(21)30-24(32)27)5-4-6-35-22-16(11-28-31(22)3)19-8-15(23(33)34)7-14(2)29-19/h7-11,13H,4-6,12H2,1-3H3,(H2,27,30)(H,33,34)/t13-/m1/s1. The van der Waals surface area contributed by atoms with Crippen LogP contribution in [-0.2, 0) is 13.6 Å². The van der Waals surface area contributed by atoms with E-state index in [1.807, 2.05) is 10.6 Å². The van der Waals surface area contributed by atoms with Crippen LogP contribution in [0.2, 0.25) is 5.02 Å². The molecule has 4 rings (SSSR count). The van der Waals surface area contributed by atoms with Crippen molar-refractivity contribution in [1.82, 2.24) is 24.3 Å². The summed E-state index contributed by atoms with van der Waals surface area (Å²) in [5.41, 5.74) is 9.85. The van der Waals surface area contributed by atoms with Crippen molar-refractivity contribution in [2.45, 2.75) is 33.2 Å². The molecule has 0 spiro atoms. The highest BCUT2D eigenvalue weighted by Crippen LogP contribution is 2.31. The predicted octanol–water partition coefficient (Wildman–Crippen LogP) is 5.33. The first kappa shape index (κ1) is 25.0. The number of nitrogens with two attached hydrogens (primary N) is 1. The van der Waals surface area contributed by atoms with Gasteiger partial charge in [-0.2, -0.15) is 5.10 Å². The van der Waals surface area contributed by atoms with Crippen LogP contribution < -0.4 is 10.5 Å². The number of aromatic nitrogens is 5. The van der Waals surface area contributed by atoms with Gasteiger partial charge < -0.3 is 20.1 Å². The van der Waals surface area contributed by atoms with E-state index in [0.717, 1.165) is 34.9 Å². The molecule has 3 N–H and O–H groups in total. The van der Waals surface area contributed by atoms with Crippen LogP contribution >= 0.6 is 27.5 Å². The van der Waals surface area contributed by atoms with E-state index in [-0.39, 0.29) is 5.56 Å². The van der Waals surface area contributed by atoms with Gasteiger partial charge in [0, 0.05) is 23.8 Å². The largest absolute Gasteiger partial charge is 0.478 e. The first-order valence-corrected chi connectivity index (χ1v) is 12.3. The number of aryl methyl sites for hydroxylation is 2. The quantitative estimate of drug-likeness (QED) is 0.265. The number of imidazole rings is 1. The molecule has 35 heavy (non-hydrogen) atoms. The lowest BCUT2D eigenvalue weighted by Crippen LogP contribution is -2.12. The first-order valence-electron chi connectivity index (χ1n) is 11.1. The van der Waals surface area contributed by atoms with Crippen LogP contribution in [-0.4, -0.2) is 42.0 Å². The number of ether oxygens (including phenoxy) is 1. The number of nitrogen functional groups attached to an aromatic ring is 1. The second kappa shape index (κ2) is 10.2. The van der Waals surface area contributed by atoms with Crippen molar-refractivity contribution in [3.05, 3.63) is 51.2 Å². The number of aromatic carboxylic acids is 1. The Balaban J connectivity index is 1.39. The smallest absolute Gasteiger partial charge is 0.335 e. The lowest BCUT2D eigenvalue weighted by atomic mass is 10.1. The van der Waals surface area contributed by atoms with Gasteiger partial charge in [0.05, 0.1) is 45.7 Å². The number of nitrogens with zero attached hydrogens (tertiary/aromatic N) is 5. The monoisotopic (exact) mass is 560 g/mol. The van der Waals surface area contributed by atoms with E-state index in [1.165, 1.54) is 12.1 Å². The number of benzene rings is 1. The number of halogens is 2. The van der Waals surface area contributed by atoms with E-state index in [4.69, 9.17) is 22.1 Å². The lowest BCUT2D eigenvalue weighted by Gasteiger charge is -2.15. The molecule has 1 aromatic carbocycles. The van der Waals surface area contributed by atoms with E-state index < -0.39 is 5.97 Å². The summed E-state index contributed by atoms with van der Waals surface area (Å²) in [5, 5.41) is 14.3. The SMILES string of the molecule is Cc1cc(C(=O)O)cc(-c2cnn(C)c2OCCC[C@@H](C)Cn2c(N)nc3cc(Cl)c(Br)cc32)n1. The molecule has 0 saturated carbocycles. The number of pyridine rings is 1. The molecule has 0 fully saturated rings. The molecule has 184 valence electrons. The van der Waals surface area contributed by atoms with Crippen LogP contribution in [0.3, 0.4) is 0 Å². The Labute approximate surface area is 216 Å². The van der Waals surface area contributed by atoms with Gasteiger partial charge in [-0.25, -0.2) is 14.5 Å². The summed E-state index contributed by atoms with van der Waals surface area (Å²) < 4.78 is 10.5. The second-order valence-corrected chi connectivity index (χ2v) is 9.87. The van der Waals surface area contributed by atoms with Gasteiger partial charge in [-0.15, -0.1) is 0 Å². The number of fused-ring (bicyclic) bond motifs is 1. The van der Waals surface area contributed by atoms with Gasteiger partial charge in [0.25, 0.3) is 0 Å². The maximum Gasteiger partial charge on any atom is 0.335 e. The summed E-state index contributed by atoms with van der Waals surface area (Å²) in [6.07, 6.45) is 3.37. The molecule has 0 aliphatic rings. The number of carbonyl (C=O) groups is 1. The minimum absolute atomic E-state index is 0.178. The topological polar surface area (TPSA) is 121 Å².